The van der Waals surface area contributed by atoms with E-state index in [0.29, 0.717) is 13.0 Å². The molecule has 0 aliphatic heterocycles. The highest BCUT2D eigenvalue weighted by molar-refractivity contribution is 6.74. The maximum Gasteiger partial charge on any atom is 0.303 e. The van der Waals surface area contributed by atoms with E-state index >= 15 is 0 Å². The molecule has 0 radical (unpaired) electrons. The Kier molecular flexibility index (Phi) is 8.83. The molecule has 25 heavy (non-hydrogen) atoms. The third-order valence-corrected chi connectivity index (χ3v) is 9.52. The van der Waals surface area contributed by atoms with Gasteiger partial charge < -0.3 is 14.8 Å². The second-order valence-electron chi connectivity index (χ2n) is 8.23. The van der Waals surface area contributed by atoms with Gasteiger partial charge in [0.15, 0.2) is 8.32 Å². The lowest BCUT2D eigenvalue weighted by Crippen LogP contribution is -2.46. The molecule has 0 fully saturated rings. The third kappa shape index (κ3) is 8.65. The number of nitrogens with one attached hydrogen (secondary N) is 1. The van der Waals surface area contributed by atoms with Crippen LogP contribution in [0.4, 0.5) is 0 Å². The molecule has 0 saturated heterocycles. The van der Waals surface area contributed by atoms with Gasteiger partial charge in [0.1, 0.15) is 0 Å². The number of carboxylic acid groups (broad SMARTS) is 1. The van der Waals surface area contributed by atoms with Crippen LogP contribution >= 0.6 is 0 Å². The Hall–Kier alpha value is -1.17. The third-order valence-electron chi connectivity index (χ3n) is 4.98. The Labute approximate surface area is 154 Å². The lowest BCUT2D eigenvalue weighted by atomic mass is 10.1. The highest BCUT2D eigenvalue weighted by atomic mass is 28.4. The van der Waals surface area contributed by atoms with Crippen molar-refractivity contribution in [1.82, 2.24) is 5.32 Å². The van der Waals surface area contributed by atoms with E-state index < -0.39 is 14.3 Å². The lowest BCUT2D eigenvalue weighted by molar-refractivity contribution is -0.137. The average Bonchev–Trinajstić information content (AvgIpc) is 2.51. The van der Waals surface area contributed by atoms with E-state index in [9.17, 15) is 4.79 Å². The van der Waals surface area contributed by atoms with Gasteiger partial charge in [-0.3, -0.25) is 4.79 Å². The van der Waals surface area contributed by atoms with Crippen LogP contribution in [0.3, 0.4) is 0 Å². The molecule has 0 aliphatic carbocycles. The summed E-state index contributed by atoms with van der Waals surface area (Å²) in [7, 11) is -1.89. The topological polar surface area (TPSA) is 58.6 Å². The van der Waals surface area contributed by atoms with Crippen molar-refractivity contribution in [2.45, 2.75) is 70.7 Å². The molecule has 1 rings (SSSR count). The highest BCUT2D eigenvalue weighted by Crippen LogP contribution is 2.37. The molecule has 4 nitrogen and oxygen atoms in total. The smallest absolute Gasteiger partial charge is 0.303 e. The van der Waals surface area contributed by atoms with Gasteiger partial charge in [-0.1, -0.05) is 51.1 Å². The van der Waals surface area contributed by atoms with Crippen LogP contribution in [0, 0.1) is 0 Å². The molecule has 2 N–H and O–H groups in total. The monoisotopic (exact) mass is 365 g/mol. The zero-order valence-corrected chi connectivity index (χ0v) is 17.5. The molecule has 5 heteroatoms. The zero-order chi connectivity index (χ0) is 18.9. The van der Waals surface area contributed by atoms with Crippen molar-refractivity contribution in [3.63, 3.8) is 0 Å². The normalized spacial score (nSPS) is 13.6. The summed E-state index contributed by atoms with van der Waals surface area (Å²) in [6, 6.07) is 10.5. The minimum Gasteiger partial charge on any atom is -0.481 e. The number of rotatable bonds is 11. The molecule has 1 unspecified atom stereocenters. The minimum absolute atomic E-state index is 0.0336. The van der Waals surface area contributed by atoms with E-state index in [-0.39, 0.29) is 17.6 Å². The van der Waals surface area contributed by atoms with Gasteiger partial charge in [-0.25, -0.2) is 0 Å². The number of aryl methyl sites for hydroxylation is 1. The van der Waals surface area contributed by atoms with Crippen LogP contribution in [-0.4, -0.2) is 38.6 Å². The van der Waals surface area contributed by atoms with Gasteiger partial charge in [-0.05, 0) is 49.5 Å². The first-order valence-corrected chi connectivity index (χ1v) is 12.2. The van der Waals surface area contributed by atoms with E-state index in [1.165, 1.54) is 5.56 Å². The highest BCUT2D eigenvalue weighted by Gasteiger charge is 2.39. The first kappa shape index (κ1) is 21.9. The van der Waals surface area contributed by atoms with Crippen LogP contribution in [0.1, 0.15) is 45.6 Å². The summed E-state index contributed by atoms with van der Waals surface area (Å²) in [5, 5.41) is 12.6. The first-order valence-electron chi connectivity index (χ1n) is 9.26. The second-order valence-corrected chi connectivity index (χ2v) is 13.0. The van der Waals surface area contributed by atoms with Crippen molar-refractivity contribution in [3.05, 3.63) is 35.9 Å². The Morgan fingerprint density at radius 1 is 1.24 bits per heavy atom. The molecule has 0 heterocycles. The summed E-state index contributed by atoms with van der Waals surface area (Å²) < 4.78 is 6.43. The lowest BCUT2D eigenvalue weighted by Gasteiger charge is -2.39. The summed E-state index contributed by atoms with van der Waals surface area (Å²) in [4.78, 5) is 10.9. The summed E-state index contributed by atoms with van der Waals surface area (Å²) in [5.74, 6) is -0.757. The molecule has 0 aliphatic rings. The number of carboxylic acids is 1. The summed E-state index contributed by atoms with van der Waals surface area (Å²) >= 11 is 0. The van der Waals surface area contributed by atoms with Gasteiger partial charge in [0, 0.05) is 13.0 Å². The molecule has 0 saturated carbocycles. The van der Waals surface area contributed by atoms with Crippen molar-refractivity contribution in [3.8, 4) is 0 Å². The summed E-state index contributed by atoms with van der Waals surface area (Å²) in [5.41, 5.74) is 1.35. The fourth-order valence-electron chi connectivity index (χ4n) is 2.41. The minimum atomic E-state index is -1.89. The van der Waals surface area contributed by atoms with Crippen molar-refractivity contribution in [2.75, 3.05) is 13.1 Å². The fraction of sp³-hybridized carbons (Fsp3) is 0.650. The van der Waals surface area contributed by atoms with Crippen LogP contribution in [0.2, 0.25) is 18.1 Å². The maximum absolute atomic E-state index is 10.9. The molecule has 0 amide bonds. The predicted molar refractivity (Wildman–Crippen MR) is 107 cm³/mol. The van der Waals surface area contributed by atoms with E-state index in [2.05, 4.69) is 63.4 Å². The van der Waals surface area contributed by atoms with Gasteiger partial charge in [-0.15, -0.1) is 0 Å². The van der Waals surface area contributed by atoms with E-state index in [4.69, 9.17) is 9.53 Å². The van der Waals surface area contributed by atoms with E-state index in [1.807, 2.05) is 6.07 Å². The van der Waals surface area contributed by atoms with Crippen LogP contribution in [0.25, 0.3) is 0 Å². The van der Waals surface area contributed by atoms with E-state index in [1.54, 1.807) is 0 Å². The molecule has 142 valence electrons. The largest absolute Gasteiger partial charge is 0.481 e. The SMILES string of the molecule is CC(C)(C)[Si](C)(C)OC(CCC(=O)O)CNCCCc1ccccc1. The van der Waals surface area contributed by atoms with Crippen molar-refractivity contribution >= 4 is 14.3 Å². The van der Waals surface area contributed by atoms with E-state index in [0.717, 1.165) is 19.4 Å². The van der Waals surface area contributed by atoms with Crippen molar-refractivity contribution in [1.29, 1.82) is 0 Å². The number of hydrogen-bond acceptors (Lipinski definition) is 3. The molecular formula is C20H35NO3Si. The average molecular weight is 366 g/mol. The molecule has 0 spiro atoms. The Morgan fingerprint density at radius 2 is 1.88 bits per heavy atom. The van der Waals surface area contributed by atoms with Gasteiger partial charge in [-0.2, -0.15) is 0 Å². The first-order chi connectivity index (χ1) is 11.6. The van der Waals surface area contributed by atoms with Gasteiger partial charge >= 0.3 is 5.97 Å². The quantitative estimate of drug-likeness (QED) is 0.449. The molecular weight excluding hydrogens is 330 g/mol. The van der Waals surface area contributed by atoms with Gasteiger partial charge in [0.2, 0.25) is 0 Å². The summed E-state index contributed by atoms with van der Waals surface area (Å²) in [6.45, 7) is 12.7. The number of benzene rings is 1. The standard InChI is InChI=1S/C20H35NO3Si/c1-20(2,3)25(4,5)24-18(13-14-19(22)23)16-21-15-9-12-17-10-7-6-8-11-17/h6-8,10-11,18,21H,9,12-16H2,1-5H3,(H,22,23). The molecule has 1 aromatic rings. The van der Waals surface area contributed by atoms with Crippen molar-refractivity contribution < 1.29 is 14.3 Å². The van der Waals surface area contributed by atoms with Gasteiger partial charge in [0.05, 0.1) is 6.10 Å². The molecule has 1 atom stereocenters. The molecule has 0 aromatic heterocycles. The van der Waals surface area contributed by atoms with Crippen LogP contribution < -0.4 is 5.32 Å². The number of carbonyl (C=O) groups is 1. The Bertz CT molecular complexity index is 511. The maximum atomic E-state index is 10.9. The fourth-order valence-corrected chi connectivity index (χ4v) is 3.79. The number of aliphatic carboxylic acids is 1. The zero-order valence-electron chi connectivity index (χ0n) is 16.5. The van der Waals surface area contributed by atoms with Crippen LogP contribution in [-0.2, 0) is 15.6 Å². The van der Waals surface area contributed by atoms with Crippen LogP contribution in [0.15, 0.2) is 30.3 Å². The Morgan fingerprint density at radius 3 is 2.44 bits per heavy atom. The molecule has 1 aromatic carbocycles. The second kappa shape index (κ2) is 10.1. The summed E-state index contributed by atoms with van der Waals surface area (Å²) in [6.07, 6.45) is 2.80. The molecule has 0 bridgehead atoms. The van der Waals surface area contributed by atoms with Crippen molar-refractivity contribution in [2.24, 2.45) is 0 Å². The number of hydrogen-bond donors (Lipinski definition) is 2. The predicted octanol–water partition coefficient (Wildman–Crippen LogP) is 4.46. The van der Waals surface area contributed by atoms with Gasteiger partial charge in [0.25, 0.3) is 0 Å². The van der Waals surface area contributed by atoms with Crippen LogP contribution in [0.5, 0.6) is 0 Å². The Balaban J connectivity index is 2.43.